The second-order valence-electron chi connectivity index (χ2n) is 4.48. The van der Waals surface area contributed by atoms with E-state index in [-0.39, 0.29) is 5.69 Å². The van der Waals surface area contributed by atoms with E-state index in [0.717, 1.165) is 5.92 Å². The summed E-state index contributed by atoms with van der Waals surface area (Å²) >= 11 is 0. The molecule has 0 spiro atoms. The van der Waals surface area contributed by atoms with Crippen molar-refractivity contribution in [3.63, 3.8) is 0 Å². The highest BCUT2D eigenvalue weighted by Crippen LogP contribution is 2.24. The van der Waals surface area contributed by atoms with E-state index in [9.17, 15) is 4.79 Å². The molecule has 5 heteroatoms. The first-order valence-electron chi connectivity index (χ1n) is 5.57. The van der Waals surface area contributed by atoms with Gasteiger partial charge >= 0.3 is 5.97 Å². The fourth-order valence-electron chi connectivity index (χ4n) is 2.13. The third-order valence-corrected chi connectivity index (χ3v) is 3.04. The molecule has 16 heavy (non-hydrogen) atoms. The molecule has 5 nitrogen and oxygen atoms in total. The van der Waals surface area contributed by atoms with Crippen LogP contribution in [-0.2, 0) is 6.54 Å². The van der Waals surface area contributed by atoms with Crippen molar-refractivity contribution < 1.29 is 14.4 Å². The largest absolute Gasteiger partial charge is 0.476 e. The zero-order valence-electron chi connectivity index (χ0n) is 9.27. The summed E-state index contributed by atoms with van der Waals surface area (Å²) in [7, 11) is 0. The molecular weight excluding hydrogens is 208 g/mol. The Labute approximate surface area is 93.8 Å². The number of rotatable bonds is 4. The summed E-state index contributed by atoms with van der Waals surface area (Å²) in [4.78, 5) is 10.6. The molecule has 1 aromatic heterocycles. The lowest BCUT2D eigenvalue weighted by atomic mass is 10.1. The van der Waals surface area contributed by atoms with E-state index in [1.165, 1.54) is 25.3 Å². The van der Waals surface area contributed by atoms with Crippen molar-refractivity contribution >= 4 is 5.97 Å². The summed E-state index contributed by atoms with van der Waals surface area (Å²) in [5, 5.41) is 15.5. The second kappa shape index (κ2) is 4.65. The van der Waals surface area contributed by atoms with E-state index in [0.29, 0.717) is 18.3 Å². The lowest BCUT2D eigenvalue weighted by Crippen LogP contribution is -2.25. The molecule has 1 saturated carbocycles. The van der Waals surface area contributed by atoms with Crippen molar-refractivity contribution in [3.05, 3.63) is 17.5 Å². The van der Waals surface area contributed by atoms with Crippen LogP contribution in [0.25, 0.3) is 0 Å². The summed E-state index contributed by atoms with van der Waals surface area (Å²) in [6.07, 6.45) is 3.62. The number of nitrogens with zero attached hydrogens (tertiary/aromatic N) is 1. The molecule has 2 atom stereocenters. The van der Waals surface area contributed by atoms with Crippen LogP contribution in [0.15, 0.2) is 10.6 Å². The normalized spacial score (nSPS) is 24.8. The van der Waals surface area contributed by atoms with Gasteiger partial charge < -0.3 is 14.9 Å². The third kappa shape index (κ3) is 2.61. The Hall–Kier alpha value is -1.36. The van der Waals surface area contributed by atoms with Crippen LogP contribution in [0, 0.1) is 5.92 Å². The minimum absolute atomic E-state index is 0.0309. The van der Waals surface area contributed by atoms with E-state index in [1.807, 2.05) is 0 Å². The number of hydrogen-bond acceptors (Lipinski definition) is 4. The Balaban J connectivity index is 1.83. The van der Waals surface area contributed by atoms with Gasteiger partial charge in [-0.15, -0.1) is 0 Å². The number of aromatic nitrogens is 1. The number of nitrogens with one attached hydrogen (secondary N) is 1. The van der Waals surface area contributed by atoms with Crippen LogP contribution in [0.4, 0.5) is 0 Å². The molecule has 1 aromatic rings. The van der Waals surface area contributed by atoms with Gasteiger partial charge in [-0.05, 0) is 25.2 Å². The Kier molecular flexibility index (Phi) is 3.24. The summed E-state index contributed by atoms with van der Waals surface area (Å²) in [6, 6.07) is 1.99. The second-order valence-corrected chi connectivity index (χ2v) is 4.48. The third-order valence-electron chi connectivity index (χ3n) is 3.04. The molecule has 1 aliphatic carbocycles. The van der Waals surface area contributed by atoms with Gasteiger partial charge in [0.05, 0.1) is 6.54 Å². The molecule has 1 fully saturated rings. The molecule has 2 N–H and O–H groups in total. The number of hydrogen-bond donors (Lipinski definition) is 2. The highest BCUT2D eigenvalue weighted by atomic mass is 16.5. The van der Waals surface area contributed by atoms with Crippen molar-refractivity contribution in [2.75, 3.05) is 0 Å². The monoisotopic (exact) mass is 224 g/mol. The Morgan fingerprint density at radius 3 is 3.06 bits per heavy atom. The van der Waals surface area contributed by atoms with Crippen LogP contribution in [0.5, 0.6) is 0 Å². The molecule has 0 bridgehead atoms. The molecule has 0 aromatic carbocycles. The number of carboxylic acid groups (broad SMARTS) is 1. The predicted octanol–water partition coefficient (Wildman–Crippen LogP) is 1.65. The molecule has 0 radical (unpaired) electrons. The zero-order valence-corrected chi connectivity index (χ0v) is 9.27. The fraction of sp³-hybridized carbons (Fsp3) is 0.636. The SMILES string of the molecule is CC1CCC(NCc2cc(C(=O)O)no2)C1. The minimum Gasteiger partial charge on any atom is -0.476 e. The summed E-state index contributed by atoms with van der Waals surface area (Å²) < 4.78 is 4.92. The van der Waals surface area contributed by atoms with Crippen LogP contribution >= 0.6 is 0 Å². The Morgan fingerprint density at radius 1 is 1.69 bits per heavy atom. The van der Waals surface area contributed by atoms with Gasteiger partial charge in [-0.3, -0.25) is 0 Å². The standard InChI is InChI=1S/C11H16N2O3/c1-7-2-3-8(4-7)12-6-9-5-10(11(14)15)13-16-9/h5,7-8,12H,2-4,6H2,1H3,(H,14,15). The topological polar surface area (TPSA) is 75.4 Å². The average molecular weight is 224 g/mol. The molecule has 1 aliphatic rings. The average Bonchev–Trinajstić information content (AvgIpc) is 2.83. The maximum atomic E-state index is 10.6. The summed E-state index contributed by atoms with van der Waals surface area (Å²) in [6.45, 7) is 2.80. The van der Waals surface area contributed by atoms with Crippen LogP contribution in [0.1, 0.15) is 42.4 Å². The molecule has 2 unspecified atom stereocenters. The molecule has 2 rings (SSSR count). The zero-order chi connectivity index (χ0) is 11.5. The smallest absolute Gasteiger partial charge is 0.358 e. The van der Waals surface area contributed by atoms with Gasteiger partial charge in [-0.25, -0.2) is 4.79 Å². The summed E-state index contributed by atoms with van der Waals surface area (Å²) in [5.74, 6) is 0.309. The van der Waals surface area contributed by atoms with Crippen LogP contribution in [0.2, 0.25) is 0 Å². The highest BCUT2D eigenvalue weighted by Gasteiger charge is 2.21. The molecule has 0 aliphatic heterocycles. The number of carboxylic acids is 1. The van der Waals surface area contributed by atoms with E-state index in [1.54, 1.807) is 0 Å². The van der Waals surface area contributed by atoms with Crippen LogP contribution in [0.3, 0.4) is 0 Å². The maximum Gasteiger partial charge on any atom is 0.358 e. The van der Waals surface area contributed by atoms with E-state index >= 15 is 0 Å². The summed E-state index contributed by atoms with van der Waals surface area (Å²) in [5.41, 5.74) is -0.0309. The van der Waals surface area contributed by atoms with Crippen LogP contribution in [-0.4, -0.2) is 22.3 Å². The van der Waals surface area contributed by atoms with Gasteiger partial charge in [0, 0.05) is 12.1 Å². The first kappa shape index (κ1) is 11.1. The molecule has 0 saturated heterocycles. The van der Waals surface area contributed by atoms with Gasteiger partial charge in [-0.1, -0.05) is 12.1 Å². The Bertz CT molecular complexity index is 375. The highest BCUT2D eigenvalue weighted by molar-refractivity contribution is 5.85. The maximum absolute atomic E-state index is 10.6. The van der Waals surface area contributed by atoms with Gasteiger partial charge in [0.15, 0.2) is 11.5 Å². The van der Waals surface area contributed by atoms with Crippen molar-refractivity contribution in [3.8, 4) is 0 Å². The molecule has 88 valence electrons. The van der Waals surface area contributed by atoms with E-state index in [2.05, 4.69) is 17.4 Å². The van der Waals surface area contributed by atoms with Gasteiger partial charge in [0.25, 0.3) is 0 Å². The number of carbonyl (C=O) groups is 1. The molecular formula is C11H16N2O3. The van der Waals surface area contributed by atoms with Gasteiger partial charge in [0.2, 0.25) is 0 Å². The van der Waals surface area contributed by atoms with Gasteiger partial charge in [0.1, 0.15) is 0 Å². The van der Waals surface area contributed by atoms with Crippen molar-refractivity contribution in [2.24, 2.45) is 5.92 Å². The first-order valence-corrected chi connectivity index (χ1v) is 5.57. The first-order chi connectivity index (χ1) is 7.65. The van der Waals surface area contributed by atoms with Crippen molar-refractivity contribution in [2.45, 2.75) is 38.8 Å². The van der Waals surface area contributed by atoms with Crippen molar-refractivity contribution in [1.82, 2.24) is 10.5 Å². The lowest BCUT2D eigenvalue weighted by molar-refractivity contribution is 0.0685. The minimum atomic E-state index is -1.05. The fourth-order valence-corrected chi connectivity index (χ4v) is 2.13. The van der Waals surface area contributed by atoms with E-state index < -0.39 is 5.97 Å². The van der Waals surface area contributed by atoms with Gasteiger partial charge in [-0.2, -0.15) is 0 Å². The van der Waals surface area contributed by atoms with Crippen molar-refractivity contribution in [1.29, 1.82) is 0 Å². The van der Waals surface area contributed by atoms with Crippen LogP contribution < -0.4 is 5.32 Å². The van der Waals surface area contributed by atoms with E-state index in [4.69, 9.17) is 9.63 Å². The number of aromatic carboxylic acids is 1. The Morgan fingerprint density at radius 2 is 2.50 bits per heavy atom. The predicted molar refractivity (Wildman–Crippen MR) is 57.1 cm³/mol. The molecule has 1 heterocycles. The molecule has 0 amide bonds. The quantitative estimate of drug-likeness (QED) is 0.813. The lowest BCUT2D eigenvalue weighted by Gasteiger charge is -2.09.